The molecule has 0 N–H and O–H groups in total. The maximum Gasteiger partial charge on any atom is 0.410 e. The van der Waals surface area contributed by atoms with Crippen molar-refractivity contribution < 1.29 is 9.53 Å². The Morgan fingerprint density at radius 3 is 2.76 bits per heavy atom. The van der Waals surface area contributed by atoms with Crippen molar-refractivity contribution in [2.75, 3.05) is 12.4 Å². The van der Waals surface area contributed by atoms with Crippen LogP contribution in [-0.2, 0) is 4.74 Å². The first kappa shape index (κ1) is 13.9. The smallest absolute Gasteiger partial charge is 0.410 e. The van der Waals surface area contributed by atoms with E-state index in [2.05, 4.69) is 10.0 Å². The maximum atomic E-state index is 11.9. The van der Waals surface area contributed by atoms with Gasteiger partial charge < -0.3 is 9.64 Å². The van der Waals surface area contributed by atoms with Gasteiger partial charge in [0.2, 0.25) is 0 Å². The number of hydrogen-bond acceptors (Lipinski definition) is 3. The normalized spacial score (nSPS) is 24.4. The lowest BCUT2D eigenvalue weighted by atomic mass is 10.2. The fourth-order valence-corrected chi connectivity index (χ4v) is 2.03. The highest BCUT2D eigenvalue weighted by molar-refractivity contribution is 6.18. The Labute approximate surface area is 105 Å². The minimum absolute atomic E-state index is 0.123. The van der Waals surface area contributed by atoms with E-state index in [-0.39, 0.29) is 12.1 Å². The summed E-state index contributed by atoms with van der Waals surface area (Å²) in [6.45, 7) is 5.79. The van der Waals surface area contributed by atoms with Crippen LogP contribution in [0.5, 0.6) is 0 Å². The second kappa shape index (κ2) is 5.47. The summed E-state index contributed by atoms with van der Waals surface area (Å²) < 4.78 is 5.27. The number of carbonyl (C=O) groups is 1. The average molecular weight is 261 g/mol. The molecule has 0 spiro atoms. The van der Waals surface area contributed by atoms with Crippen molar-refractivity contribution >= 4 is 17.7 Å². The average Bonchev–Trinajstić information content (AvgIpc) is 2.59. The fourth-order valence-electron chi connectivity index (χ4n) is 1.74. The molecule has 1 aliphatic heterocycles. The van der Waals surface area contributed by atoms with Gasteiger partial charge in [0.05, 0.1) is 6.04 Å². The van der Waals surface area contributed by atoms with Gasteiger partial charge in [-0.2, -0.15) is 0 Å². The standard InChI is InChI=1S/C10H17ClN4O2/c1-10(2,3)17-9(16)15-6-7(13-14-12)4-8(15)5-11/h7-8H,4-6H2,1-3H3/t7-,8+/m1/s1. The van der Waals surface area contributed by atoms with Crippen LogP contribution in [0.2, 0.25) is 0 Å². The van der Waals surface area contributed by atoms with Crippen LogP contribution in [0.4, 0.5) is 4.79 Å². The highest BCUT2D eigenvalue weighted by atomic mass is 35.5. The number of alkyl halides is 1. The Hall–Kier alpha value is -1.13. The van der Waals surface area contributed by atoms with Crippen LogP contribution < -0.4 is 0 Å². The van der Waals surface area contributed by atoms with Crippen molar-refractivity contribution in [1.82, 2.24) is 4.90 Å². The van der Waals surface area contributed by atoms with Crippen LogP contribution in [0.3, 0.4) is 0 Å². The largest absolute Gasteiger partial charge is 0.444 e. The second-order valence-corrected chi connectivity index (χ2v) is 5.34. The van der Waals surface area contributed by atoms with Crippen molar-refractivity contribution in [3.8, 4) is 0 Å². The molecule has 2 atom stereocenters. The van der Waals surface area contributed by atoms with E-state index in [4.69, 9.17) is 21.9 Å². The molecule has 6 nitrogen and oxygen atoms in total. The molecule has 0 aliphatic carbocycles. The molecule has 7 heteroatoms. The van der Waals surface area contributed by atoms with Gasteiger partial charge in [0.25, 0.3) is 0 Å². The number of amides is 1. The number of nitrogens with zero attached hydrogens (tertiary/aromatic N) is 4. The molecule has 0 aromatic heterocycles. The van der Waals surface area contributed by atoms with Crippen LogP contribution >= 0.6 is 11.6 Å². The Balaban J connectivity index is 2.68. The van der Waals surface area contributed by atoms with Gasteiger partial charge in [-0.25, -0.2) is 4.79 Å². The predicted octanol–water partition coefficient (Wildman–Crippen LogP) is 2.91. The zero-order valence-electron chi connectivity index (χ0n) is 10.3. The van der Waals surface area contributed by atoms with Crippen LogP contribution in [0.15, 0.2) is 5.11 Å². The van der Waals surface area contributed by atoms with E-state index in [1.165, 1.54) is 4.90 Å². The number of halogens is 1. The second-order valence-electron chi connectivity index (χ2n) is 5.04. The molecule has 0 bridgehead atoms. The third-order valence-corrected chi connectivity index (χ3v) is 2.77. The quantitative estimate of drug-likeness (QED) is 0.331. The molecule has 1 amide bonds. The van der Waals surface area contributed by atoms with Crippen molar-refractivity contribution in [2.45, 2.75) is 44.9 Å². The lowest BCUT2D eigenvalue weighted by molar-refractivity contribution is 0.0239. The Kier molecular flexibility index (Phi) is 4.48. The van der Waals surface area contributed by atoms with Crippen molar-refractivity contribution in [3.63, 3.8) is 0 Å². The lowest BCUT2D eigenvalue weighted by Gasteiger charge is -2.27. The summed E-state index contributed by atoms with van der Waals surface area (Å²) in [5.74, 6) is 0.316. The topological polar surface area (TPSA) is 78.3 Å². The van der Waals surface area contributed by atoms with Gasteiger partial charge in [-0.15, -0.1) is 11.6 Å². The molecule has 0 saturated carbocycles. The minimum Gasteiger partial charge on any atom is -0.444 e. The molecule has 1 rings (SSSR count). The first-order valence-corrected chi connectivity index (χ1v) is 6.00. The van der Waals surface area contributed by atoms with Gasteiger partial charge in [0.15, 0.2) is 0 Å². The number of carbonyl (C=O) groups excluding carboxylic acids is 1. The number of azide groups is 1. The van der Waals surface area contributed by atoms with E-state index in [0.717, 1.165) is 0 Å². The highest BCUT2D eigenvalue weighted by Gasteiger charge is 2.36. The van der Waals surface area contributed by atoms with E-state index in [9.17, 15) is 4.79 Å². The summed E-state index contributed by atoms with van der Waals surface area (Å²) in [7, 11) is 0. The molecular formula is C10H17ClN4O2. The van der Waals surface area contributed by atoms with E-state index >= 15 is 0 Å². The van der Waals surface area contributed by atoms with E-state index in [1.807, 2.05) is 20.8 Å². The van der Waals surface area contributed by atoms with E-state index in [1.54, 1.807) is 0 Å². The number of ether oxygens (including phenoxy) is 1. The molecule has 1 fully saturated rings. The predicted molar refractivity (Wildman–Crippen MR) is 65.0 cm³/mol. The van der Waals surface area contributed by atoms with Gasteiger partial charge in [-0.05, 0) is 32.7 Å². The molecule has 96 valence electrons. The van der Waals surface area contributed by atoms with Gasteiger partial charge in [0, 0.05) is 23.4 Å². The van der Waals surface area contributed by atoms with Gasteiger partial charge in [-0.1, -0.05) is 5.11 Å². The summed E-state index contributed by atoms with van der Waals surface area (Å²) in [4.78, 5) is 16.2. The third kappa shape index (κ3) is 3.98. The van der Waals surface area contributed by atoms with E-state index < -0.39 is 11.7 Å². The first-order valence-electron chi connectivity index (χ1n) is 5.47. The molecule has 1 aliphatic rings. The summed E-state index contributed by atoms with van der Waals surface area (Å²) in [6, 6.07) is -0.335. The molecule has 0 aromatic rings. The Morgan fingerprint density at radius 1 is 1.65 bits per heavy atom. The summed E-state index contributed by atoms with van der Waals surface area (Å²) in [5.41, 5.74) is 7.85. The van der Waals surface area contributed by atoms with Crippen molar-refractivity contribution in [2.24, 2.45) is 5.11 Å². The molecule has 0 radical (unpaired) electrons. The Morgan fingerprint density at radius 2 is 2.29 bits per heavy atom. The minimum atomic E-state index is -0.537. The van der Waals surface area contributed by atoms with E-state index in [0.29, 0.717) is 18.8 Å². The SMILES string of the molecule is CC(C)(C)OC(=O)N1C[C@H](N=[N+]=[N-])C[C@H]1CCl. The van der Waals surface area contributed by atoms with Crippen LogP contribution in [0.1, 0.15) is 27.2 Å². The number of hydrogen-bond donors (Lipinski definition) is 0. The van der Waals surface area contributed by atoms with Crippen LogP contribution in [0, 0.1) is 0 Å². The summed E-state index contributed by atoms with van der Waals surface area (Å²) in [6.07, 6.45) is 0.186. The molecule has 1 heterocycles. The zero-order valence-corrected chi connectivity index (χ0v) is 11.0. The monoisotopic (exact) mass is 260 g/mol. The lowest BCUT2D eigenvalue weighted by Crippen LogP contribution is -2.40. The van der Waals surface area contributed by atoms with Crippen molar-refractivity contribution in [1.29, 1.82) is 0 Å². The Bertz CT molecular complexity index is 336. The van der Waals surface area contributed by atoms with Gasteiger partial charge in [0.1, 0.15) is 5.60 Å². The molecule has 0 unspecified atom stereocenters. The maximum absolute atomic E-state index is 11.9. The third-order valence-electron chi connectivity index (χ3n) is 2.41. The highest BCUT2D eigenvalue weighted by Crippen LogP contribution is 2.24. The number of rotatable bonds is 2. The summed E-state index contributed by atoms with van der Waals surface area (Å²) in [5, 5.41) is 3.62. The summed E-state index contributed by atoms with van der Waals surface area (Å²) >= 11 is 5.80. The van der Waals surface area contributed by atoms with Crippen LogP contribution in [-0.4, -0.2) is 41.1 Å². The first-order chi connectivity index (χ1) is 7.87. The fraction of sp³-hybridized carbons (Fsp3) is 0.900. The number of likely N-dealkylation sites (tertiary alicyclic amines) is 1. The van der Waals surface area contributed by atoms with Crippen LogP contribution in [0.25, 0.3) is 10.4 Å². The van der Waals surface area contributed by atoms with Crippen molar-refractivity contribution in [3.05, 3.63) is 10.4 Å². The van der Waals surface area contributed by atoms with Gasteiger partial charge >= 0.3 is 6.09 Å². The molecule has 0 aromatic carbocycles. The molecule has 1 saturated heterocycles. The van der Waals surface area contributed by atoms with Gasteiger partial charge in [-0.3, -0.25) is 0 Å². The molecule has 17 heavy (non-hydrogen) atoms. The zero-order chi connectivity index (χ0) is 13.1. The molecular weight excluding hydrogens is 244 g/mol.